The maximum atomic E-state index is 11.5. The van der Waals surface area contributed by atoms with Gasteiger partial charge in [0.05, 0.1) is 17.0 Å². The highest BCUT2D eigenvalue weighted by Gasteiger charge is 2.38. The largest absolute Gasteiger partial charge is 0.356 e. The fraction of sp³-hybridized carbons (Fsp3) is 0.700. The molecule has 1 aromatic heterocycles. The van der Waals surface area contributed by atoms with Crippen molar-refractivity contribution in [2.45, 2.75) is 32.2 Å². The van der Waals surface area contributed by atoms with E-state index in [4.69, 9.17) is 12.2 Å². The summed E-state index contributed by atoms with van der Waals surface area (Å²) >= 11 is 6.63. The summed E-state index contributed by atoms with van der Waals surface area (Å²) in [6, 6.07) is 0. The first-order valence-corrected chi connectivity index (χ1v) is 8.98. The van der Waals surface area contributed by atoms with Crippen LogP contribution in [0.25, 0.3) is 0 Å². The monoisotopic (exact) mass is 320 g/mol. The average Bonchev–Trinajstić information content (AvgIpc) is 2.83. The molecule has 1 saturated heterocycles. The third-order valence-electron chi connectivity index (χ3n) is 2.91. The van der Waals surface area contributed by atoms with Crippen molar-refractivity contribution >= 4 is 43.6 Å². The number of hydrogen-bond acceptors (Lipinski definition) is 6. The molecule has 0 amide bonds. The van der Waals surface area contributed by atoms with Crippen LogP contribution < -0.4 is 10.6 Å². The Labute approximate surface area is 121 Å². The Morgan fingerprint density at radius 2 is 2.26 bits per heavy atom. The maximum absolute atomic E-state index is 11.5. The first-order chi connectivity index (χ1) is 8.82. The van der Waals surface area contributed by atoms with Gasteiger partial charge in [-0.05, 0) is 32.0 Å². The number of hydrogen-bond donors (Lipinski definition) is 2. The van der Waals surface area contributed by atoms with Crippen molar-refractivity contribution in [1.82, 2.24) is 15.5 Å². The second-order valence-corrected chi connectivity index (χ2v) is 8.49. The van der Waals surface area contributed by atoms with Crippen molar-refractivity contribution in [2.75, 3.05) is 16.8 Å². The number of nitrogens with one attached hydrogen (secondary N) is 2. The van der Waals surface area contributed by atoms with Gasteiger partial charge in [0, 0.05) is 0 Å². The lowest BCUT2D eigenvalue weighted by molar-refractivity contribution is 0.474. The molecule has 0 saturated carbocycles. The van der Waals surface area contributed by atoms with Crippen molar-refractivity contribution in [3.8, 4) is 0 Å². The highest BCUT2D eigenvalue weighted by atomic mass is 32.2. The molecule has 0 spiro atoms. The molecule has 0 aromatic carbocycles. The Hall–Kier alpha value is -0.800. The smallest absolute Gasteiger partial charge is 0.211 e. The van der Waals surface area contributed by atoms with Gasteiger partial charge in [0.2, 0.25) is 5.13 Å². The highest BCUT2D eigenvalue weighted by Crippen LogP contribution is 2.23. The van der Waals surface area contributed by atoms with Gasteiger partial charge in [-0.2, -0.15) is 0 Å². The van der Waals surface area contributed by atoms with Crippen molar-refractivity contribution in [2.24, 2.45) is 0 Å². The molecule has 106 valence electrons. The zero-order chi connectivity index (χ0) is 14.1. The third kappa shape index (κ3) is 3.83. The molecule has 0 aliphatic carbocycles. The summed E-state index contributed by atoms with van der Waals surface area (Å²) < 4.78 is 23.0. The Balaban J connectivity index is 1.95. The summed E-state index contributed by atoms with van der Waals surface area (Å²) in [5, 5.41) is 15.9. The van der Waals surface area contributed by atoms with Gasteiger partial charge in [-0.15, -0.1) is 10.2 Å². The molecular formula is C10H16N4O2S3. The van der Waals surface area contributed by atoms with Crippen molar-refractivity contribution < 1.29 is 8.42 Å². The summed E-state index contributed by atoms with van der Waals surface area (Å²) in [7, 11) is -2.95. The van der Waals surface area contributed by atoms with Crippen molar-refractivity contribution in [3.63, 3.8) is 0 Å². The lowest BCUT2D eigenvalue weighted by Gasteiger charge is -2.25. The molecule has 2 rings (SSSR count). The molecule has 2 heterocycles. The molecule has 6 nitrogen and oxygen atoms in total. The van der Waals surface area contributed by atoms with E-state index in [0.29, 0.717) is 16.7 Å². The number of anilines is 1. The molecule has 1 aromatic rings. The average molecular weight is 320 g/mol. The van der Waals surface area contributed by atoms with Gasteiger partial charge in [0.1, 0.15) is 5.01 Å². The van der Waals surface area contributed by atoms with E-state index in [-0.39, 0.29) is 11.5 Å². The third-order valence-corrected chi connectivity index (χ3v) is 6.00. The van der Waals surface area contributed by atoms with Crippen LogP contribution in [0.15, 0.2) is 0 Å². The molecule has 2 N–H and O–H groups in total. The number of aromatic nitrogens is 2. The van der Waals surface area contributed by atoms with Gasteiger partial charge in [0.15, 0.2) is 14.9 Å². The highest BCUT2D eigenvalue weighted by molar-refractivity contribution is 7.91. The Kier molecular flexibility index (Phi) is 4.07. The molecule has 1 aliphatic heterocycles. The van der Waals surface area contributed by atoms with Crippen molar-refractivity contribution in [1.29, 1.82) is 0 Å². The molecule has 0 bridgehead atoms. The van der Waals surface area contributed by atoms with Crippen LogP contribution in [0.4, 0.5) is 5.13 Å². The molecular weight excluding hydrogens is 304 g/mol. The van der Waals surface area contributed by atoms with Crippen LogP contribution >= 0.6 is 23.6 Å². The minimum atomic E-state index is -2.95. The van der Waals surface area contributed by atoms with E-state index in [1.54, 1.807) is 0 Å². The standard InChI is InChI=1S/C10H16N4O2S3/c1-3-7-13-14-9(18-7)11-8(17)12-10(2)4-5-19(15,16)6-10/h3-6H2,1-2H3,(H2,11,12,14,17)/t10-/m1/s1. The van der Waals surface area contributed by atoms with Crippen LogP contribution in [-0.2, 0) is 16.3 Å². The Morgan fingerprint density at radius 3 is 2.79 bits per heavy atom. The minimum absolute atomic E-state index is 0.109. The number of sulfone groups is 1. The number of nitrogens with zero attached hydrogens (tertiary/aromatic N) is 2. The van der Waals surface area contributed by atoms with E-state index < -0.39 is 15.4 Å². The van der Waals surface area contributed by atoms with E-state index in [1.165, 1.54) is 11.3 Å². The predicted molar refractivity (Wildman–Crippen MR) is 80.3 cm³/mol. The van der Waals surface area contributed by atoms with Crippen LogP contribution in [0.5, 0.6) is 0 Å². The van der Waals surface area contributed by atoms with Gasteiger partial charge in [-0.25, -0.2) is 8.42 Å². The SMILES string of the molecule is CCc1nnc(NC(=S)N[C@]2(C)CCS(=O)(=O)C2)s1. The normalized spacial score (nSPS) is 25.2. The predicted octanol–water partition coefficient (Wildman–Crippen LogP) is 0.964. The number of thiocarbonyl (C=S) groups is 1. The summed E-state index contributed by atoms with van der Waals surface area (Å²) in [6.07, 6.45) is 1.39. The molecule has 1 atom stereocenters. The zero-order valence-corrected chi connectivity index (χ0v) is 13.2. The van der Waals surface area contributed by atoms with Gasteiger partial charge in [-0.1, -0.05) is 18.3 Å². The fourth-order valence-electron chi connectivity index (χ4n) is 1.96. The Bertz CT molecular complexity index is 583. The van der Waals surface area contributed by atoms with Gasteiger partial charge in [0.25, 0.3) is 0 Å². The molecule has 9 heteroatoms. The van der Waals surface area contributed by atoms with Crippen LogP contribution in [-0.4, -0.2) is 40.8 Å². The summed E-state index contributed by atoms with van der Waals surface area (Å²) in [6.45, 7) is 3.87. The van der Waals surface area contributed by atoms with Crippen LogP contribution in [0.2, 0.25) is 0 Å². The maximum Gasteiger partial charge on any atom is 0.211 e. The first kappa shape index (κ1) is 14.6. The topological polar surface area (TPSA) is 84.0 Å². The van der Waals surface area contributed by atoms with E-state index in [9.17, 15) is 8.42 Å². The molecule has 0 unspecified atom stereocenters. The van der Waals surface area contributed by atoms with Crippen molar-refractivity contribution in [3.05, 3.63) is 5.01 Å². The summed E-state index contributed by atoms with van der Waals surface area (Å²) in [5.74, 6) is 0.316. The Morgan fingerprint density at radius 1 is 1.53 bits per heavy atom. The van der Waals surface area contributed by atoms with Crippen LogP contribution in [0.1, 0.15) is 25.3 Å². The van der Waals surface area contributed by atoms with Gasteiger partial charge >= 0.3 is 0 Å². The van der Waals surface area contributed by atoms with E-state index >= 15 is 0 Å². The second kappa shape index (κ2) is 5.29. The molecule has 1 aliphatic rings. The molecule has 0 radical (unpaired) electrons. The van der Waals surface area contributed by atoms with Crippen LogP contribution in [0.3, 0.4) is 0 Å². The molecule has 19 heavy (non-hydrogen) atoms. The number of rotatable bonds is 3. The lowest BCUT2D eigenvalue weighted by atomic mass is 10.0. The first-order valence-electron chi connectivity index (χ1n) is 5.94. The quantitative estimate of drug-likeness (QED) is 0.803. The van der Waals surface area contributed by atoms with Gasteiger partial charge < -0.3 is 10.6 Å². The summed E-state index contributed by atoms with van der Waals surface area (Å²) in [5.41, 5.74) is -0.499. The molecule has 1 fully saturated rings. The minimum Gasteiger partial charge on any atom is -0.356 e. The van der Waals surface area contributed by atoms with E-state index in [2.05, 4.69) is 20.8 Å². The lowest BCUT2D eigenvalue weighted by Crippen LogP contribution is -2.48. The number of aryl methyl sites for hydroxylation is 1. The fourth-order valence-corrected chi connectivity index (χ4v) is 5.14. The van der Waals surface area contributed by atoms with Gasteiger partial charge in [-0.3, -0.25) is 0 Å². The van der Waals surface area contributed by atoms with Crippen LogP contribution in [0, 0.1) is 0 Å². The van der Waals surface area contributed by atoms with E-state index in [1.807, 2.05) is 13.8 Å². The summed E-state index contributed by atoms with van der Waals surface area (Å²) in [4.78, 5) is 0. The zero-order valence-electron chi connectivity index (χ0n) is 10.8. The van der Waals surface area contributed by atoms with E-state index in [0.717, 1.165) is 11.4 Å². The second-order valence-electron chi connectivity index (χ2n) is 4.84.